The summed E-state index contributed by atoms with van der Waals surface area (Å²) in [6.45, 7) is 4.30. The number of unbranched alkanes of at least 4 members (excludes halogenated alkanes) is 1. The minimum Gasteiger partial charge on any atom is -0.493 e. The van der Waals surface area contributed by atoms with Gasteiger partial charge in [-0.1, -0.05) is 0 Å². The number of rotatable bonds is 10. The lowest BCUT2D eigenvalue weighted by Gasteiger charge is -2.23. The second kappa shape index (κ2) is 10.2. The fourth-order valence-electron chi connectivity index (χ4n) is 3.29. The predicted molar refractivity (Wildman–Crippen MR) is 113 cm³/mol. The second-order valence-electron chi connectivity index (χ2n) is 7.11. The average molecular weight is 399 g/mol. The number of carbonyl (C=O) groups excluding carboxylic acids is 1. The Morgan fingerprint density at radius 1 is 1.38 bits per heavy atom. The van der Waals surface area contributed by atoms with Gasteiger partial charge in [-0.2, -0.15) is 4.98 Å². The average Bonchev–Trinajstić information content (AvgIpc) is 3.19. The summed E-state index contributed by atoms with van der Waals surface area (Å²) in [4.78, 5) is 23.9. The Balaban J connectivity index is 1.83. The van der Waals surface area contributed by atoms with Crippen LogP contribution in [0.5, 0.6) is 5.75 Å². The van der Waals surface area contributed by atoms with E-state index in [0.717, 1.165) is 30.6 Å². The van der Waals surface area contributed by atoms with Gasteiger partial charge in [0.05, 0.1) is 13.2 Å². The summed E-state index contributed by atoms with van der Waals surface area (Å²) in [6, 6.07) is 7.40. The summed E-state index contributed by atoms with van der Waals surface area (Å²) in [6.07, 6.45) is 4.11. The summed E-state index contributed by atoms with van der Waals surface area (Å²) < 4.78 is 10.7. The number of hydrogen-bond donors (Lipinski definition) is 2. The third kappa shape index (κ3) is 5.42. The maximum absolute atomic E-state index is 13.3. The van der Waals surface area contributed by atoms with Gasteiger partial charge in [-0.3, -0.25) is 9.69 Å². The highest BCUT2D eigenvalue weighted by Crippen LogP contribution is 2.27. The van der Waals surface area contributed by atoms with Crippen LogP contribution < -0.4 is 20.7 Å². The molecule has 0 spiro atoms. The number of benzene rings is 1. The van der Waals surface area contributed by atoms with E-state index in [1.54, 1.807) is 24.3 Å². The standard InChI is InChI=1S/C21H29N5O3/c1-15(14-28-2)24-21-23-10-7-19(25-21)26(11-4-3-9-22)20(27)17-5-6-18-16(13-17)8-12-29-18/h5-7,10,13,15H,3-4,8-9,11-12,14,22H2,1-2H3,(H,23,24,25)/t15-/m0/s1. The largest absolute Gasteiger partial charge is 0.493 e. The number of carbonyl (C=O) groups is 1. The Bertz CT molecular complexity index is 830. The van der Waals surface area contributed by atoms with Crippen molar-refractivity contribution in [3.63, 3.8) is 0 Å². The van der Waals surface area contributed by atoms with Crippen LogP contribution in [0.25, 0.3) is 0 Å². The molecule has 0 bridgehead atoms. The zero-order chi connectivity index (χ0) is 20.6. The van der Waals surface area contributed by atoms with E-state index in [9.17, 15) is 4.79 Å². The molecular weight excluding hydrogens is 370 g/mol. The van der Waals surface area contributed by atoms with Crippen LogP contribution in [-0.4, -0.2) is 55.3 Å². The van der Waals surface area contributed by atoms with Gasteiger partial charge in [-0.25, -0.2) is 4.98 Å². The highest BCUT2D eigenvalue weighted by Gasteiger charge is 2.22. The number of nitrogens with zero attached hydrogens (tertiary/aromatic N) is 3. The first kappa shape index (κ1) is 21.0. The van der Waals surface area contributed by atoms with Crippen molar-refractivity contribution in [2.45, 2.75) is 32.2 Å². The first-order valence-corrected chi connectivity index (χ1v) is 9.98. The van der Waals surface area contributed by atoms with Gasteiger partial charge in [0.15, 0.2) is 0 Å². The fourth-order valence-corrected chi connectivity index (χ4v) is 3.29. The monoisotopic (exact) mass is 399 g/mol. The lowest BCUT2D eigenvalue weighted by molar-refractivity contribution is 0.0985. The number of methoxy groups -OCH3 is 1. The number of fused-ring (bicyclic) bond motifs is 1. The molecule has 1 aromatic carbocycles. The van der Waals surface area contributed by atoms with Gasteiger partial charge < -0.3 is 20.5 Å². The van der Waals surface area contributed by atoms with E-state index in [-0.39, 0.29) is 11.9 Å². The maximum Gasteiger partial charge on any atom is 0.259 e. The van der Waals surface area contributed by atoms with Crippen LogP contribution in [0.15, 0.2) is 30.5 Å². The van der Waals surface area contributed by atoms with Crippen molar-refractivity contribution in [3.8, 4) is 5.75 Å². The molecule has 1 aliphatic rings. The van der Waals surface area contributed by atoms with E-state index in [2.05, 4.69) is 15.3 Å². The van der Waals surface area contributed by atoms with E-state index in [4.69, 9.17) is 15.2 Å². The zero-order valence-corrected chi connectivity index (χ0v) is 17.1. The van der Waals surface area contributed by atoms with Crippen molar-refractivity contribution in [2.24, 2.45) is 5.73 Å². The van der Waals surface area contributed by atoms with Gasteiger partial charge in [0.2, 0.25) is 5.95 Å². The molecule has 1 aromatic heterocycles. The number of anilines is 2. The van der Waals surface area contributed by atoms with Gasteiger partial charge in [0.25, 0.3) is 5.91 Å². The molecule has 156 valence electrons. The normalized spacial score (nSPS) is 13.5. The molecule has 0 saturated carbocycles. The van der Waals surface area contributed by atoms with Crippen molar-refractivity contribution in [3.05, 3.63) is 41.6 Å². The van der Waals surface area contributed by atoms with Crippen LogP contribution in [0.3, 0.4) is 0 Å². The number of nitrogens with two attached hydrogens (primary N) is 1. The Hall–Kier alpha value is -2.71. The Morgan fingerprint density at radius 2 is 2.24 bits per heavy atom. The molecule has 1 atom stereocenters. The smallest absolute Gasteiger partial charge is 0.259 e. The van der Waals surface area contributed by atoms with Gasteiger partial charge in [0.1, 0.15) is 11.6 Å². The highest BCUT2D eigenvalue weighted by atomic mass is 16.5. The molecule has 8 heteroatoms. The van der Waals surface area contributed by atoms with E-state index in [1.807, 2.05) is 25.1 Å². The summed E-state index contributed by atoms with van der Waals surface area (Å²) in [5, 5.41) is 3.20. The maximum atomic E-state index is 13.3. The molecule has 8 nitrogen and oxygen atoms in total. The van der Waals surface area contributed by atoms with Gasteiger partial charge in [0, 0.05) is 37.9 Å². The molecule has 2 heterocycles. The molecule has 1 amide bonds. The minimum absolute atomic E-state index is 0.0494. The SMILES string of the molecule is COC[C@H](C)Nc1nccc(N(CCCCN)C(=O)c2ccc3c(c2)CCO3)n1. The molecule has 3 N–H and O–H groups in total. The molecule has 3 rings (SSSR count). The highest BCUT2D eigenvalue weighted by molar-refractivity contribution is 6.05. The third-order valence-corrected chi connectivity index (χ3v) is 4.73. The Kier molecular flexibility index (Phi) is 7.37. The molecule has 0 radical (unpaired) electrons. The lowest BCUT2D eigenvalue weighted by atomic mass is 10.1. The van der Waals surface area contributed by atoms with E-state index in [0.29, 0.717) is 43.6 Å². The van der Waals surface area contributed by atoms with Gasteiger partial charge >= 0.3 is 0 Å². The van der Waals surface area contributed by atoms with Crippen molar-refractivity contribution in [1.82, 2.24) is 9.97 Å². The van der Waals surface area contributed by atoms with Crippen LogP contribution in [0, 0.1) is 0 Å². The Morgan fingerprint density at radius 3 is 3.03 bits per heavy atom. The van der Waals surface area contributed by atoms with Crippen LogP contribution >= 0.6 is 0 Å². The molecule has 0 aliphatic carbocycles. The first-order chi connectivity index (χ1) is 14.1. The molecule has 2 aromatic rings. The minimum atomic E-state index is -0.0914. The Labute approximate surface area is 171 Å². The van der Waals surface area contributed by atoms with Crippen LogP contribution in [0.4, 0.5) is 11.8 Å². The van der Waals surface area contributed by atoms with Crippen molar-refractivity contribution in [2.75, 3.05) is 43.6 Å². The molecule has 0 fully saturated rings. The van der Waals surface area contributed by atoms with Crippen LogP contribution in [-0.2, 0) is 11.2 Å². The fraction of sp³-hybridized carbons (Fsp3) is 0.476. The number of hydrogen-bond acceptors (Lipinski definition) is 7. The van der Waals surface area contributed by atoms with Crippen molar-refractivity contribution >= 4 is 17.7 Å². The van der Waals surface area contributed by atoms with Crippen molar-refractivity contribution in [1.29, 1.82) is 0 Å². The summed E-state index contributed by atoms with van der Waals surface area (Å²) in [7, 11) is 1.65. The second-order valence-corrected chi connectivity index (χ2v) is 7.11. The molecule has 29 heavy (non-hydrogen) atoms. The topological polar surface area (TPSA) is 103 Å². The van der Waals surface area contributed by atoms with E-state index < -0.39 is 0 Å². The summed E-state index contributed by atoms with van der Waals surface area (Å²) in [5.74, 6) is 1.79. The number of amides is 1. The quantitative estimate of drug-likeness (QED) is 0.591. The number of nitrogens with one attached hydrogen (secondary N) is 1. The molecule has 0 saturated heterocycles. The van der Waals surface area contributed by atoms with E-state index in [1.165, 1.54) is 0 Å². The van der Waals surface area contributed by atoms with Gasteiger partial charge in [-0.15, -0.1) is 0 Å². The van der Waals surface area contributed by atoms with E-state index >= 15 is 0 Å². The van der Waals surface area contributed by atoms with Crippen LogP contribution in [0.1, 0.15) is 35.7 Å². The first-order valence-electron chi connectivity index (χ1n) is 9.98. The summed E-state index contributed by atoms with van der Waals surface area (Å²) >= 11 is 0. The third-order valence-electron chi connectivity index (χ3n) is 4.73. The number of aromatic nitrogens is 2. The number of ether oxygens (including phenoxy) is 2. The zero-order valence-electron chi connectivity index (χ0n) is 17.1. The van der Waals surface area contributed by atoms with Gasteiger partial charge in [-0.05, 0) is 56.1 Å². The summed E-state index contributed by atoms with van der Waals surface area (Å²) in [5.41, 5.74) is 7.34. The predicted octanol–water partition coefficient (Wildman–Crippen LogP) is 2.24. The molecule has 0 unspecified atom stereocenters. The van der Waals surface area contributed by atoms with Crippen LogP contribution in [0.2, 0.25) is 0 Å². The van der Waals surface area contributed by atoms with Crippen molar-refractivity contribution < 1.29 is 14.3 Å². The molecular formula is C21H29N5O3. The molecule has 1 aliphatic heterocycles. The lowest BCUT2D eigenvalue weighted by Crippen LogP contribution is -2.33.